The van der Waals surface area contributed by atoms with Crippen LogP contribution in [0.4, 0.5) is 17.6 Å². The molecule has 1 N–H and O–H groups in total. The molecular formula is C38H36ClF4NO7S. The summed E-state index contributed by atoms with van der Waals surface area (Å²) in [6.07, 6.45) is -2.39. The van der Waals surface area contributed by atoms with Crippen LogP contribution < -0.4 is 4.74 Å². The van der Waals surface area contributed by atoms with E-state index < -0.39 is 61.4 Å². The van der Waals surface area contributed by atoms with Crippen LogP contribution in [0.3, 0.4) is 0 Å². The molecule has 1 unspecified atom stereocenters. The molecule has 0 heterocycles. The van der Waals surface area contributed by atoms with Gasteiger partial charge in [-0.05, 0) is 42.2 Å². The van der Waals surface area contributed by atoms with E-state index in [1.807, 2.05) is 72.5 Å². The number of aliphatic carboxylic acids is 1. The summed E-state index contributed by atoms with van der Waals surface area (Å²) in [7, 11) is -4.05. The second kappa shape index (κ2) is 17.7. The van der Waals surface area contributed by atoms with Gasteiger partial charge in [0.05, 0.1) is 22.1 Å². The van der Waals surface area contributed by atoms with Crippen LogP contribution in [-0.4, -0.2) is 55.8 Å². The molecule has 52 heavy (non-hydrogen) atoms. The summed E-state index contributed by atoms with van der Waals surface area (Å²) in [5.74, 6) is -3.86. The number of sulfone groups is 1. The van der Waals surface area contributed by atoms with Gasteiger partial charge in [0.25, 0.3) is 0 Å². The Bertz CT molecular complexity index is 1950. The van der Waals surface area contributed by atoms with Crippen LogP contribution in [0.1, 0.15) is 47.1 Å². The standard InChI is InChI=1S/C38H36ClF4NO7S/c1-25(18-19-50-29-20-33(40)31(34(21-29)52(2,48)49)24-51-36(47)17-16-35(45)46)44(22-28-14-9-15-32(37(28)39)38(41,42)43)23-30(26-10-5-3-6-11-26)27-12-7-4-8-13-27/h3-17,20-21,25,30H,18-19,22-24H2,1-2H3,(H,45,46)/b17-16+. The number of carbonyl (C=O) groups is 2. The number of hydrogen-bond donors (Lipinski definition) is 1. The maximum Gasteiger partial charge on any atom is 0.417 e. The molecule has 4 aromatic carbocycles. The van der Waals surface area contributed by atoms with E-state index in [0.29, 0.717) is 18.7 Å². The second-order valence-electron chi connectivity index (χ2n) is 12.0. The molecule has 0 saturated carbocycles. The number of carboxylic acid groups (broad SMARTS) is 1. The Morgan fingerprint density at radius 1 is 0.942 bits per heavy atom. The molecule has 0 aliphatic carbocycles. The molecule has 0 saturated heterocycles. The summed E-state index contributed by atoms with van der Waals surface area (Å²) >= 11 is 6.33. The molecule has 276 valence electrons. The van der Waals surface area contributed by atoms with Crippen LogP contribution in [0.25, 0.3) is 0 Å². The molecular weight excluding hydrogens is 726 g/mol. The Kier molecular flexibility index (Phi) is 13.6. The fourth-order valence-electron chi connectivity index (χ4n) is 5.55. The first kappa shape index (κ1) is 40.1. The van der Waals surface area contributed by atoms with Crippen molar-refractivity contribution in [1.82, 2.24) is 4.90 Å². The van der Waals surface area contributed by atoms with E-state index in [9.17, 15) is 31.2 Å². The van der Waals surface area contributed by atoms with Gasteiger partial charge in [-0.1, -0.05) is 84.4 Å². The molecule has 0 radical (unpaired) electrons. The van der Waals surface area contributed by atoms with Crippen molar-refractivity contribution in [1.29, 1.82) is 0 Å². The first-order chi connectivity index (χ1) is 24.5. The zero-order valence-electron chi connectivity index (χ0n) is 28.1. The van der Waals surface area contributed by atoms with Gasteiger partial charge in [-0.15, -0.1) is 0 Å². The molecule has 14 heteroatoms. The van der Waals surface area contributed by atoms with Crippen molar-refractivity contribution in [3.05, 3.63) is 142 Å². The summed E-state index contributed by atoms with van der Waals surface area (Å²) < 4.78 is 92.3. The van der Waals surface area contributed by atoms with Crippen LogP contribution in [0.2, 0.25) is 5.02 Å². The van der Waals surface area contributed by atoms with Gasteiger partial charge in [-0.2, -0.15) is 13.2 Å². The highest BCUT2D eigenvalue weighted by Gasteiger charge is 2.34. The minimum atomic E-state index is -4.65. The smallest absolute Gasteiger partial charge is 0.417 e. The van der Waals surface area contributed by atoms with Gasteiger partial charge < -0.3 is 14.6 Å². The molecule has 0 aliphatic rings. The normalized spacial score (nSPS) is 12.7. The lowest BCUT2D eigenvalue weighted by atomic mass is 9.90. The summed E-state index contributed by atoms with van der Waals surface area (Å²) in [6, 6.07) is 24.8. The first-order valence-corrected chi connectivity index (χ1v) is 18.2. The third-order valence-electron chi connectivity index (χ3n) is 8.25. The molecule has 4 rings (SSSR count). The Hall–Kier alpha value is -4.72. The van der Waals surface area contributed by atoms with E-state index in [2.05, 4.69) is 0 Å². The average molecular weight is 762 g/mol. The second-order valence-corrected chi connectivity index (χ2v) is 14.4. The number of carbonyl (C=O) groups excluding carboxylic acids is 1. The minimum Gasteiger partial charge on any atom is -0.493 e. The lowest BCUT2D eigenvalue weighted by molar-refractivity contribution is -0.140. The Morgan fingerprint density at radius 3 is 2.12 bits per heavy atom. The monoisotopic (exact) mass is 761 g/mol. The lowest BCUT2D eigenvalue weighted by Gasteiger charge is -2.34. The first-order valence-electron chi connectivity index (χ1n) is 16.0. The predicted octanol–water partition coefficient (Wildman–Crippen LogP) is 8.08. The molecule has 0 amide bonds. The van der Waals surface area contributed by atoms with Gasteiger partial charge in [0.15, 0.2) is 9.84 Å². The zero-order valence-corrected chi connectivity index (χ0v) is 29.7. The van der Waals surface area contributed by atoms with Crippen molar-refractivity contribution in [2.45, 2.75) is 49.5 Å². The number of benzene rings is 4. The third-order valence-corrected chi connectivity index (χ3v) is 9.86. The SMILES string of the molecule is CC(CCOc1cc(F)c(COC(=O)/C=C/C(=O)O)c(S(C)(=O)=O)c1)N(Cc1cccc(C(F)(F)F)c1Cl)CC(c1ccccc1)c1ccccc1. The number of ether oxygens (including phenoxy) is 2. The Labute approximate surface area is 304 Å². The van der Waals surface area contributed by atoms with Gasteiger partial charge >= 0.3 is 18.1 Å². The van der Waals surface area contributed by atoms with Crippen LogP contribution in [0, 0.1) is 5.82 Å². The van der Waals surface area contributed by atoms with E-state index in [1.54, 1.807) is 6.07 Å². The quantitative estimate of drug-likeness (QED) is 0.0694. The lowest BCUT2D eigenvalue weighted by Crippen LogP contribution is -2.37. The van der Waals surface area contributed by atoms with Gasteiger partial charge in [-0.25, -0.2) is 22.4 Å². The van der Waals surface area contributed by atoms with Crippen LogP contribution in [0.5, 0.6) is 5.75 Å². The fourth-order valence-corrected chi connectivity index (χ4v) is 6.78. The topological polar surface area (TPSA) is 110 Å². The van der Waals surface area contributed by atoms with E-state index in [1.165, 1.54) is 6.07 Å². The van der Waals surface area contributed by atoms with Crippen molar-refractivity contribution < 1.29 is 50.1 Å². The Balaban J connectivity index is 1.59. The molecule has 0 aromatic heterocycles. The summed E-state index contributed by atoms with van der Waals surface area (Å²) in [6.45, 7) is 1.49. The number of esters is 1. The van der Waals surface area contributed by atoms with Crippen molar-refractivity contribution in [3.63, 3.8) is 0 Å². The molecule has 1 atom stereocenters. The largest absolute Gasteiger partial charge is 0.493 e. The van der Waals surface area contributed by atoms with E-state index in [-0.39, 0.29) is 42.8 Å². The van der Waals surface area contributed by atoms with Gasteiger partial charge in [-0.3, -0.25) is 4.90 Å². The number of hydrogen-bond acceptors (Lipinski definition) is 7. The number of alkyl halides is 3. The molecule has 4 aromatic rings. The van der Waals surface area contributed by atoms with Crippen molar-refractivity contribution in [2.75, 3.05) is 19.4 Å². The average Bonchev–Trinajstić information content (AvgIpc) is 3.09. The molecule has 8 nitrogen and oxygen atoms in total. The van der Waals surface area contributed by atoms with Crippen LogP contribution in [-0.2, 0) is 43.5 Å². The fraction of sp³-hybridized carbons (Fsp3) is 0.263. The van der Waals surface area contributed by atoms with Crippen molar-refractivity contribution in [2.24, 2.45) is 0 Å². The number of nitrogens with zero attached hydrogens (tertiary/aromatic N) is 1. The van der Waals surface area contributed by atoms with Crippen molar-refractivity contribution in [3.8, 4) is 5.75 Å². The molecule has 0 aliphatic heterocycles. The van der Waals surface area contributed by atoms with E-state index >= 15 is 4.39 Å². The summed E-state index contributed by atoms with van der Waals surface area (Å²) in [4.78, 5) is 24.0. The molecule has 0 spiro atoms. The highest BCUT2D eigenvalue weighted by Crippen LogP contribution is 2.37. The van der Waals surface area contributed by atoms with Gasteiger partial charge in [0, 0.05) is 55.1 Å². The minimum absolute atomic E-state index is 0.0354. The van der Waals surface area contributed by atoms with Gasteiger partial charge in [0.2, 0.25) is 0 Å². The number of carboxylic acids is 1. The molecule has 0 bridgehead atoms. The van der Waals surface area contributed by atoms with E-state index in [0.717, 1.165) is 35.6 Å². The number of halogens is 5. The predicted molar refractivity (Wildman–Crippen MR) is 187 cm³/mol. The highest BCUT2D eigenvalue weighted by molar-refractivity contribution is 7.90. The maximum atomic E-state index is 15.2. The third kappa shape index (κ3) is 11.1. The Morgan fingerprint density at radius 2 is 1.56 bits per heavy atom. The number of rotatable bonds is 16. The van der Waals surface area contributed by atoms with E-state index in [4.69, 9.17) is 26.2 Å². The summed E-state index contributed by atoms with van der Waals surface area (Å²) in [5.41, 5.74) is 0.870. The highest BCUT2D eigenvalue weighted by atomic mass is 35.5. The molecule has 0 fully saturated rings. The van der Waals surface area contributed by atoms with Gasteiger partial charge in [0.1, 0.15) is 18.2 Å². The van der Waals surface area contributed by atoms with Crippen LogP contribution >= 0.6 is 11.6 Å². The zero-order chi connectivity index (χ0) is 38.1. The van der Waals surface area contributed by atoms with Crippen molar-refractivity contribution >= 4 is 33.4 Å². The maximum absolute atomic E-state index is 15.2. The summed E-state index contributed by atoms with van der Waals surface area (Å²) in [5, 5.41) is 8.27. The van der Waals surface area contributed by atoms with Crippen LogP contribution in [0.15, 0.2) is 108 Å².